The number of nitro groups is 1. The molecule has 1 heterocycles. The fourth-order valence-corrected chi connectivity index (χ4v) is 3.12. The van der Waals surface area contributed by atoms with E-state index in [4.69, 9.17) is 16.3 Å². The highest BCUT2D eigenvalue weighted by molar-refractivity contribution is 6.31. The van der Waals surface area contributed by atoms with E-state index in [1.165, 1.54) is 6.07 Å². The Bertz CT molecular complexity index is 837. The van der Waals surface area contributed by atoms with E-state index in [1.807, 2.05) is 12.1 Å². The van der Waals surface area contributed by atoms with Crippen LogP contribution >= 0.6 is 11.6 Å². The molecule has 1 aliphatic rings. The number of hydrogen-bond acceptors (Lipinski definition) is 5. The van der Waals surface area contributed by atoms with Gasteiger partial charge in [0.25, 0.3) is 11.6 Å². The SMILES string of the molecule is O=C(NCc1ccccc1Cl)c1ccc(NCC2CCCO2)c([N+](=O)[O-])c1. The maximum Gasteiger partial charge on any atom is 0.293 e. The number of nitrogens with zero attached hydrogens (tertiary/aromatic N) is 1. The molecule has 2 aromatic rings. The van der Waals surface area contributed by atoms with Crippen LogP contribution in [0.1, 0.15) is 28.8 Å². The lowest BCUT2D eigenvalue weighted by atomic mass is 10.1. The largest absolute Gasteiger partial charge is 0.377 e. The van der Waals surface area contributed by atoms with Crippen LogP contribution in [0.2, 0.25) is 5.02 Å². The summed E-state index contributed by atoms with van der Waals surface area (Å²) in [6.45, 7) is 1.46. The molecule has 1 aliphatic heterocycles. The molecule has 2 aromatic carbocycles. The second-order valence-electron chi connectivity index (χ2n) is 6.28. The predicted octanol–water partition coefficient (Wildman–Crippen LogP) is 3.77. The highest BCUT2D eigenvalue weighted by atomic mass is 35.5. The second kappa shape index (κ2) is 8.83. The molecular formula is C19H20ClN3O4. The molecule has 1 amide bonds. The molecule has 0 saturated carbocycles. The summed E-state index contributed by atoms with van der Waals surface area (Å²) in [5.74, 6) is -0.399. The fourth-order valence-electron chi connectivity index (χ4n) is 2.92. The number of carbonyl (C=O) groups excluding carboxylic acids is 1. The zero-order valence-electron chi connectivity index (χ0n) is 14.6. The minimum absolute atomic E-state index is 0.0585. The monoisotopic (exact) mass is 389 g/mol. The quantitative estimate of drug-likeness (QED) is 0.555. The third-order valence-corrected chi connectivity index (χ3v) is 4.77. The molecule has 2 N–H and O–H groups in total. The predicted molar refractivity (Wildman–Crippen MR) is 103 cm³/mol. The minimum Gasteiger partial charge on any atom is -0.377 e. The highest BCUT2D eigenvalue weighted by Gasteiger charge is 2.20. The number of rotatable bonds is 7. The summed E-state index contributed by atoms with van der Waals surface area (Å²) in [5.41, 5.74) is 1.23. The number of anilines is 1. The van der Waals surface area contributed by atoms with E-state index in [-0.39, 0.29) is 23.9 Å². The van der Waals surface area contributed by atoms with E-state index >= 15 is 0 Å². The number of benzene rings is 2. The van der Waals surface area contributed by atoms with E-state index in [0.717, 1.165) is 25.0 Å². The zero-order valence-corrected chi connectivity index (χ0v) is 15.4. The van der Waals surface area contributed by atoms with E-state index < -0.39 is 10.8 Å². The summed E-state index contributed by atoms with van der Waals surface area (Å²) in [6, 6.07) is 11.6. The molecule has 0 spiro atoms. The van der Waals surface area contributed by atoms with Crippen LogP contribution in [-0.2, 0) is 11.3 Å². The van der Waals surface area contributed by atoms with Gasteiger partial charge in [-0.15, -0.1) is 0 Å². The molecule has 27 heavy (non-hydrogen) atoms. The molecule has 1 saturated heterocycles. The maximum absolute atomic E-state index is 12.4. The number of ether oxygens (including phenoxy) is 1. The first-order valence-electron chi connectivity index (χ1n) is 8.70. The Balaban J connectivity index is 1.67. The van der Waals surface area contributed by atoms with Crippen LogP contribution in [0.3, 0.4) is 0 Å². The van der Waals surface area contributed by atoms with E-state index in [9.17, 15) is 14.9 Å². The van der Waals surface area contributed by atoms with Gasteiger partial charge in [0.2, 0.25) is 0 Å². The molecular weight excluding hydrogens is 370 g/mol. The molecule has 142 valence electrons. The average Bonchev–Trinajstić information content (AvgIpc) is 3.19. The Hall–Kier alpha value is -2.64. The number of nitrogens with one attached hydrogen (secondary N) is 2. The first kappa shape index (κ1) is 19.1. The maximum atomic E-state index is 12.4. The summed E-state index contributed by atoms with van der Waals surface area (Å²) < 4.78 is 5.51. The number of nitro benzene ring substituents is 1. The Labute approximate surface area is 161 Å². The minimum atomic E-state index is -0.497. The first-order valence-corrected chi connectivity index (χ1v) is 9.08. The van der Waals surface area contributed by atoms with Crippen molar-refractivity contribution < 1.29 is 14.5 Å². The Morgan fingerprint density at radius 2 is 2.11 bits per heavy atom. The Morgan fingerprint density at radius 3 is 2.81 bits per heavy atom. The molecule has 0 radical (unpaired) electrons. The molecule has 0 bridgehead atoms. The van der Waals surface area contributed by atoms with Crippen molar-refractivity contribution >= 4 is 28.9 Å². The number of halogens is 1. The van der Waals surface area contributed by atoms with Crippen LogP contribution in [0.5, 0.6) is 0 Å². The first-order chi connectivity index (χ1) is 13.0. The van der Waals surface area contributed by atoms with Gasteiger partial charge in [0.05, 0.1) is 11.0 Å². The molecule has 7 nitrogen and oxygen atoms in total. The van der Waals surface area contributed by atoms with Gasteiger partial charge in [-0.05, 0) is 36.6 Å². The average molecular weight is 390 g/mol. The third-order valence-electron chi connectivity index (χ3n) is 4.40. The van der Waals surface area contributed by atoms with Crippen LogP contribution in [0.4, 0.5) is 11.4 Å². The van der Waals surface area contributed by atoms with Gasteiger partial charge in [-0.25, -0.2) is 0 Å². The van der Waals surface area contributed by atoms with Crippen LogP contribution in [0, 0.1) is 10.1 Å². The van der Waals surface area contributed by atoms with Crippen LogP contribution < -0.4 is 10.6 Å². The highest BCUT2D eigenvalue weighted by Crippen LogP contribution is 2.26. The normalized spacial score (nSPS) is 16.1. The topological polar surface area (TPSA) is 93.5 Å². The van der Waals surface area contributed by atoms with Gasteiger partial charge in [0.15, 0.2) is 0 Å². The van der Waals surface area contributed by atoms with Crippen molar-refractivity contribution in [2.45, 2.75) is 25.5 Å². The summed E-state index contributed by atoms with van der Waals surface area (Å²) in [4.78, 5) is 23.3. The molecule has 1 atom stereocenters. The lowest BCUT2D eigenvalue weighted by Gasteiger charge is -2.13. The lowest BCUT2D eigenvalue weighted by Crippen LogP contribution is -2.23. The fraction of sp³-hybridized carbons (Fsp3) is 0.316. The van der Waals surface area contributed by atoms with E-state index in [1.54, 1.807) is 24.3 Å². The number of amides is 1. The molecule has 8 heteroatoms. The van der Waals surface area contributed by atoms with Crippen molar-refractivity contribution in [3.8, 4) is 0 Å². The molecule has 1 unspecified atom stereocenters. The van der Waals surface area contributed by atoms with Gasteiger partial charge < -0.3 is 15.4 Å². The van der Waals surface area contributed by atoms with Crippen molar-refractivity contribution in [2.24, 2.45) is 0 Å². The van der Waals surface area contributed by atoms with Crippen molar-refractivity contribution in [3.05, 3.63) is 68.7 Å². The lowest BCUT2D eigenvalue weighted by molar-refractivity contribution is -0.384. The van der Waals surface area contributed by atoms with Crippen LogP contribution in [-0.4, -0.2) is 30.1 Å². The van der Waals surface area contributed by atoms with E-state index in [0.29, 0.717) is 17.3 Å². The molecule has 1 fully saturated rings. The van der Waals surface area contributed by atoms with Crippen LogP contribution in [0.25, 0.3) is 0 Å². The third kappa shape index (κ3) is 4.96. The van der Waals surface area contributed by atoms with Gasteiger partial charge in [-0.3, -0.25) is 14.9 Å². The summed E-state index contributed by atoms with van der Waals surface area (Å²) in [5, 5.41) is 17.7. The van der Waals surface area contributed by atoms with Crippen molar-refractivity contribution in [1.82, 2.24) is 5.32 Å². The second-order valence-corrected chi connectivity index (χ2v) is 6.69. The summed E-state index contributed by atoms with van der Waals surface area (Å²) in [7, 11) is 0. The zero-order chi connectivity index (χ0) is 19.2. The molecule has 3 rings (SSSR count). The van der Waals surface area contributed by atoms with Gasteiger partial charge in [-0.2, -0.15) is 0 Å². The summed E-state index contributed by atoms with van der Waals surface area (Å²) in [6.07, 6.45) is 1.99. The van der Waals surface area contributed by atoms with Crippen LogP contribution in [0.15, 0.2) is 42.5 Å². The number of carbonyl (C=O) groups is 1. The summed E-state index contributed by atoms with van der Waals surface area (Å²) >= 11 is 6.07. The standard InChI is InChI=1S/C19H20ClN3O4/c20-16-6-2-1-4-14(16)11-22-19(24)13-7-8-17(18(10-13)23(25)26)21-12-15-5-3-9-27-15/h1-2,4,6-8,10,15,21H,3,5,9,11-12H2,(H,22,24). The smallest absolute Gasteiger partial charge is 0.293 e. The Morgan fingerprint density at radius 1 is 1.30 bits per heavy atom. The molecule has 0 aromatic heterocycles. The Kier molecular flexibility index (Phi) is 6.26. The van der Waals surface area contributed by atoms with Crippen molar-refractivity contribution in [1.29, 1.82) is 0 Å². The van der Waals surface area contributed by atoms with Crippen molar-refractivity contribution in [3.63, 3.8) is 0 Å². The van der Waals surface area contributed by atoms with E-state index in [2.05, 4.69) is 10.6 Å². The number of hydrogen-bond donors (Lipinski definition) is 2. The van der Waals surface area contributed by atoms with Gasteiger partial charge in [0, 0.05) is 36.3 Å². The van der Waals surface area contributed by atoms with Crippen molar-refractivity contribution in [2.75, 3.05) is 18.5 Å². The van der Waals surface area contributed by atoms with Gasteiger partial charge >= 0.3 is 0 Å². The van der Waals surface area contributed by atoms with Gasteiger partial charge in [0.1, 0.15) is 5.69 Å². The molecule has 0 aliphatic carbocycles. The van der Waals surface area contributed by atoms with Gasteiger partial charge in [-0.1, -0.05) is 29.8 Å².